The van der Waals surface area contributed by atoms with Crippen molar-refractivity contribution in [2.75, 3.05) is 6.54 Å². The predicted molar refractivity (Wildman–Crippen MR) is 63.7 cm³/mol. The maximum atomic E-state index is 12.9. The second kappa shape index (κ2) is 4.41. The third-order valence-corrected chi connectivity index (χ3v) is 4.02. The summed E-state index contributed by atoms with van der Waals surface area (Å²) in [4.78, 5) is 0. The van der Waals surface area contributed by atoms with Crippen molar-refractivity contribution in [3.8, 4) is 0 Å². The zero-order valence-electron chi connectivity index (χ0n) is 8.85. The van der Waals surface area contributed by atoms with E-state index in [-0.39, 0.29) is 11.0 Å². The van der Waals surface area contributed by atoms with E-state index >= 15 is 0 Å². The van der Waals surface area contributed by atoms with Crippen molar-refractivity contribution in [1.82, 2.24) is 0 Å². The average molecular weight is 290 g/mol. The zero-order chi connectivity index (χ0) is 11.8. The van der Waals surface area contributed by atoms with Crippen molar-refractivity contribution in [1.29, 1.82) is 0 Å². The Morgan fingerprint density at radius 1 is 1.38 bits per heavy atom. The molecule has 0 spiro atoms. The molecule has 1 aromatic carbocycles. The highest BCUT2D eigenvalue weighted by molar-refractivity contribution is 9.10. The van der Waals surface area contributed by atoms with Crippen LogP contribution in [-0.4, -0.2) is 6.54 Å². The van der Waals surface area contributed by atoms with Gasteiger partial charge in [0.2, 0.25) is 0 Å². The molecule has 1 aliphatic carbocycles. The van der Waals surface area contributed by atoms with Crippen LogP contribution in [0.4, 0.5) is 8.78 Å². The Morgan fingerprint density at radius 2 is 2.06 bits per heavy atom. The van der Waals surface area contributed by atoms with E-state index in [1.165, 1.54) is 6.07 Å². The van der Waals surface area contributed by atoms with Gasteiger partial charge in [0.25, 0.3) is 6.43 Å². The van der Waals surface area contributed by atoms with Crippen LogP contribution in [0.3, 0.4) is 0 Å². The first-order chi connectivity index (χ1) is 7.59. The Bertz CT molecular complexity index is 383. The molecule has 1 aliphatic rings. The van der Waals surface area contributed by atoms with Gasteiger partial charge in [-0.2, -0.15) is 0 Å². The Hall–Kier alpha value is -0.480. The molecule has 16 heavy (non-hydrogen) atoms. The average Bonchev–Trinajstić information content (AvgIpc) is 2.16. The van der Waals surface area contributed by atoms with Crippen molar-refractivity contribution in [2.45, 2.75) is 31.1 Å². The third-order valence-electron chi connectivity index (χ3n) is 3.52. The van der Waals surface area contributed by atoms with E-state index < -0.39 is 6.43 Å². The van der Waals surface area contributed by atoms with Crippen molar-refractivity contribution >= 4 is 15.9 Å². The second-order valence-electron chi connectivity index (χ2n) is 4.37. The van der Waals surface area contributed by atoms with Crippen LogP contribution in [0.1, 0.15) is 36.8 Å². The normalized spacial score (nSPS) is 18.6. The Labute approximate surface area is 102 Å². The largest absolute Gasteiger partial charge is 0.330 e. The number of hydrogen-bond acceptors (Lipinski definition) is 1. The molecule has 0 aliphatic heterocycles. The van der Waals surface area contributed by atoms with E-state index in [2.05, 4.69) is 15.9 Å². The molecule has 4 heteroatoms. The molecule has 1 fully saturated rings. The maximum absolute atomic E-state index is 12.9. The van der Waals surface area contributed by atoms with Crippen molar-refractivity contribution < 1.29 is 8.78 Å². The number of alkyl halides is 2. The SMILES string of the molecule is NCC1(c2cc(Br)ccc2C(F)F)CCC1. The van der Waals surface area contributed by atoms with Gasteiger partial charge >= 0.3 is 0 Å². The lowest BCUT2D eigenvalue weighted by atomic mass is 9.63. The van der Waals surface area contributed by atoms with Crippen molar-refractivity contribution in [3.63, 3.8) is 0 Å². The predicted octanol–water partition coefficient (Wildman–Crippen LogP) is 3.77. The minimum absolute atomic E-state index is 0.133. The van der Waals surface area contributed by atoms with Crippen molar-refractivity contribution in [3.05, 3.63) is 33.8 Å². The summed E-state index contributed by atoms with van der Waals surface area (Å²) >= 11 is 3.33. The fraction of sp³-hybridized carbons (Fsp3) is 0.500. The molecule has 0 radical (unpaired) electrons. The molecule has 0 bridgehead atoms. The van der Waals surface area contributed by atoms with E-state index in [4.69, 9.17) is 5.73 Å². The second-order valence-corrected chi connectivity index (χ2v) is 5.29. The van der Waals surface area contributed by atoms with Gasteiger partial charge in [0.1, 0.15) is 0 Å². The van der Waals surface area contributed by atoms with E-state index in [1.54, 1.807) is 12.1 Å². The summed E-state index contributed by atoms with van der Waals surface area (Å²) in [5, 5.41) is 0. The Morgan fingerprint density at radius 3 is 2.50 bits per heavy atom. The molecule has 1 nitrogen and oxygen atoms in total. The molecular weight excluding hydrogens is 276 g/mol. The van der Waals surface area contributed by atoms with Crippen LogP contribution in [0.5, 0.6) is 0 Å². The van der Waals surface area contributed by atoms with Crippen LogP contribution in [0.2, 0.25) is 0 Å². The molecule has 0 atom stereocenters. The summed E-state index contributed by atoms with van der Waals surface area (Å²) in [6, 6.07) is 4.96. The van der Waals surface area contributed by atoms with Gasteiger partial charge in [-0.1, -0.05) is 28.4 Å². The lowest BCUT2D eigenvalue weighted by Crippen LogP contribution is -2.42. The first-order valence-corrected chi connectivity index (χ1v) is 6.16. The quantitative estimate of drug-likeness (QED) is 0.901. The molecule has 0 amide bonds. The highest BCUT2D eigenvalue weighted by Crippen LogP contribution is 2.46. The van der Waals surface area contributed by atoms with E-state index in [9.17, 15) is 8.78 Å². The number of halogens is 3. The number of nitrogens with two attached hydrogens (primary N) is 1. The molecule has 1 saturated carbocycles. The van der Waals surface area contributed by atoms with Crippen LogP contribution < -0.4 is 5.73 Å². The van der Waals surface area contributed by atoms with Gasteiger partial charge in [0, 0.05) is 22.0 Å². The van der Waals surface area contributed by atoms with Gasteiger partial charge in [-0.05, 0) is 30.5 Å². The highest BCUT2D eigenvalue weighted by Gasteiger charge is 2.40. The summed E-state index contributed by atoms with van der Waals surface area (Å²) in [7, 11) is 0. The van der Waals surface area contributed by atoms with Crippen LogP contribution in [0.15, 0.2) is 22.7 Å². The molecule has 0 saturated heterocycles. The monoisotopic (exact) mass is 289 g/mol. The lowest BCUT2D eigenvalue weighted by molar-refractivity contribution is 0.144. The summed E-state index contributed by atoms with van der Waals surface area (Å²) in [6.45, 7) is 0.448. The molecule has 0 unspecified atom stereocenters. The van der Waals surface area contributed by atoms with Gasteiger partial charge in [-0.25, -0.2) is 8.78 Å². The first kappa shape index (κ1) is 12.0. The summed E-state index contributed by atoms with van der Waals surface area (Å²) in [5.41, 5.74) is 6.41. The molecule has 0 aromatic heterocycles. The van der Waals surface area contributed by atoms with Gasteiger partial charge in [-0.3, -0.25) is 0 Å². The smallest absolute Gasteiger partial charge is 0.264 e. The van der Waals surface area contributed by atoms with Gasteiger partial charge in [0.05, 0.1) is 0 Å². The first-order valence-electron chi connectivity index (χ1n) is 5.37. The minimum atomic E-state index is -2.42. The van der Waals surface area contributed by atoms with Crippen LogP contribution in [0.25, 0.3) is 0 Å². The van der Waals surface area contributed by atoms with Crippen LogP contribution in [-0.2, 0) is 5.41 Å². The number of hydrogen-bond donors (Lipinski definition) is 1. The molecule has 1 aromatic rings. The number of benzene rings is 1. The standard InChI is InChI=1S/C12H14BrF2N/c13-8-2-3-9(11(14)15)10(6-8)12(7-16)4-1-5-12/h2-3,6,11H,1,4-5,7,16H2. The summed E-state index contributed by atoms with van der Waals surface area (Å²) in [6.07, 6.45) is 0.485. The molecule has 2 N–H and O–H groups in total. The fourth-order valence-electron chi connectivity index (χ4n) is 2.37. The van der Waals surface area contributed by atoms with E-state index in [0.29, 0.717) is 6.54 Å². The van der Waals surface area contributed by atoms with Crippen LogP contribution >= 0.6 is 15.9 Å². The van der Waals surface area contributed by atoms with Crippen LogP contribution in [0, 0.1) is 0 Å². The Kier molecular flexibility index (Phi) is 3.31. The third kappa shape index (κ3) is 1.89. The Balaban J connectivity index is 2.48. The minimum Gasteiger partial charge on any atom is -0.330 e. The fourth-order valence-corrected chi connectivity index (χ4v) is 2.73. The highest BCUT2D eigenvalue weighted by atomic mass is 79.9. The summed E-state index contributed by atoms with van der Waals surface area (Å²) in [5.74, 6) is 0. The van der Waals surface area contributed by atoms with E-state index in [0.717, 1.165) is 29.3 Å². The zero-order valence-corrected chi connectivity index (χ0v) is 10.4. The molecule has 0 heterocycles. The molecular formula is C12H14BrF2N. The maximum Gasteiger partial charge on any atom is 0.264 e. The molecule has 2 rings (SSSR count). The van der Waals surface area contributed by atoms with Gasteiger partial charge < -0.3 is 5.73 Å². The molecule has 88 valence electrons. The van der Waals surface area contributed by atoms with Gasteiger partial charge in [-0.15, -0.1) is 0 Å². The van der Waals surface area contributed by atoms with Gasteiger partial charge in [0.15, 0.2) is 0 Å². The van der Waals surface area contributed by atoms with Crippen molar-refractivity contribution in [2.24, 2.45) is 5.73 Å². The number of rotatable bonds is 3. The topological polar surface area (TPSA) is 26.0 Å². The summed E-state index contributed by atoms with van der Waals surface area (Å²) < 4.78 is 26.7. The van der Waals surface area contributed by atoms with E-state index in [1.807, 2.05) is 0 Å². The lowest BCUT2D eigenvalue weighted by Gasteiger charge is -2.42.